The average molecular weight is 376 g/mol. The molecule has 2 aromatic heterocycles. The topological polar surface area (TPSA) is 69.9 Å². The van der Waals surface area contributed by atoms with Gasteiger partial charge in [-0.05, 0) is 43.4 Å². The minimum atomic E-state index is -0.106. The fraction of sp³-hybridized carbons (Fsp3) is 0.333. The molecule has 1 aliphatic rings. The van der Waals surface area contributed by atoms with Gasteiger partial charge in [-0.2, -0.15) is 10.2 Å². The van der Waals surface area contributed by atoms with Crippen LogP contribution in [-0.4, -0.2) is 28.3 Å². The standard InChI is InChI=1S/C21H20N4OS/c1-14-5-2-3-6-16(14)8-9-18(26)17-7-4-10-25(17)21-24-20-19(27-21)11-15(12-22)13-23-20/h2-3,5-6,11,13,17H,4,7-10H2,1H3/t17-/m1/s1. The molecule has 4 rings (SSSR count). The van der Waals surface area contributed by atoms with Crippen molar-refractivity contribution in [3.63, 3.8) is 0 Å². The number of aryl methyl sites for hydroxylation is 2. The summed E-state index contributed by atoms with van der Waals surface area (Å²) < 4.78 is 0.891. The number of hydrogen-bond acceptors (Lipinski definition) is 6. The van der Waals surface area contributed by atoms with Gasteiger partial charge in [-0.15, -0.1) is 0 Å². The minimum absolute atomic E-state index is 0.106. The highest BCUT2D eigenvalue weighted by atomic mass is 32.1. The molecular formula is C21H20N4OS. The van der Waals surface area contributed by atoms with Crippen LogP contribution < -0.4 is 4.90 Å². The van der Waals surface area contributed by atoms with E-state index >= 15 is 0 Å². The van der Waals surface area contributed by atoms with Gasteiger partial charge < -0.3 is 4.90 Å². The van der Waals surface area contributed by atoms with Crippen LogP contribution >= 0.6 is 11.3 Å². The SMILES string of the molecule is Cc1ccccc1CCC(=O)[C@H]1CCCN1c1nc2ncc(C#N)cc2s1. The Hall–Kier alpha value is -2.78. The Balaban J connectivity index is 1.51. The summed E-state index contributed by atoms with van der Waals surface area (Å²) in [5, 5.41) is 9.87. The van der Waals surface area contributed by atoms with Gasteiger partial charge in [0.05, 0.1) is 16.3 Å². The number of carbonyl (C=O) groups excluding carboxylic acids is 1. The largest absolute Gasteiger partial charge is 0.338 e. The zero-order valence-corrected chi connectivity index (χ0v) is 16.0. The normalized spacial score (nSPS) is 16.6. The Bertz CT molecular complexity index is 1040. The molecule has 0 bridgehead atoms. The summed E-state index contributed by atoms with van der Waals surface area (Å²) in [7, 11) is 0. The van der Waals surface area contributed by atoms with Crippen molar-refractivity contribution in [1.82, 2.24) is 9.97 Å². The van der Waals surface area contributed by atoms with E-state index in [1.807, 2.05) is 18.2 Å². The monoisotopic (exact) mass is 376 g/mol. The zero-order valence-electron chi connectivity index (χ0n) is 15.2. The fourth-order valence-electron chi connectivity index (χ4n) is 3.64. The second kappa shape index (κ2) is 7.45. The molecule has 0 spiro atoms. The van der Waals surface area contributed by atoms with Gasteiger partial charge in [0, 0.05) is 19.2 Å². The molecule has 3 heterocycles. The van der Waals surface area contributed by atoms with Crippen molar-refractivity contribution in [2.24, 2.45) is 0 Å². The molecule has 0 radical (unpaired) electrons. The first-order chi connectivity index (χ1) is 13.2. The number of Topliss-reactive ketones (excluding diaryl/α,β-unsaturated/α-hetero) is 1. The van der Waals surface area contributed by atoms with Gasteiger partial charge in [0.2, 0.25) is 0 Å². The van der Waals surface area contributed by atoms with Crippen LogP contribution in [0.25, 0.3) is 10.3 Å². The Morgan fingerprint density at radius 2 is 2.26 bits per heavy atom. The van der Waals surface area contributed by atoms with Crippen LogP contribution in [0.1, 0.15) is 36.0 Å². The van der Waals surface area contributed by atoms with E-state index in [2.05, 4.69) is 40.0 Å². The lowest BCUT2D eigenvalue weighted by atomic mass is 9.99. The van der Waals surface area contributed by atoms with E-state index in [1.54, 1.807) is 6.20 Å². The number of hydrogen-bond donors (Lipinski definition) is 0. The second-order valence-corrected chi connectivity index (χ2v) is 7.91. The number of pyridine rings is 1. The smallest absolute Gasteiger partial charge is 0.188 e. The van der Waals surface area contributed by atoms with E-state index in [0.29, 0.717) is 17.6 Å². The summed E-state index contributed by atoms with van der Waals surface area (Å²) in [4.78, 5) is 23.9. The Labute approximate surface area is 162 Å². The van der Waals surface area contributed by atoms with Crippen LogP contribution in [0.3, 0.4) is 0 Å². The predicted molar refractivity (Wildman–Crippen MR) is 107 cm³/mol. The molecular weight excluding hydrogens is 356 g/mol. The Morgan fingerprint density at radius 1 is 1.41 bits per heavy atom. The van der Waals surface area contributed by atoms with E-state index in [4.69, 9.17) is 5.26 Å². The number of fused-ring (bicyclic) bond motifs is 1. The van der Waals surface area contributed by atoms with E-state index < -0.39 is 0 Å². The van der Waals surface area contributed by atoms with Crippen LogP contribution in [0.5, 0.6) is 0 Å². The Kier molecular flexibility index (Phi) is 4.87. The number of nitriles is 1. The van der Waals surface area contributed by atoms with Crippen molar-refractivity contribution in [2.75, 3.05) is 11.4 Å². The molecule has 5 nitrogen and oxygen atoms in total. The van der Waals surface area contributed by atoms with Crippen molar-refractivity contribution in [2.45, 2.75) is 38.6 Å². The summed E-state index contributed by atoms with van der Waals surface area (Å²) in [5.74, 6) is 0.278. The van der Waals surface area contributed by atoms with Gasteiger partial charge >= 0.3 is 0 Å². The maximum absolute atomic E-state index is 12.9. The zero-order chi connectivity index (χ0) is 18.8. The third-order valence-electron chi connectivity index (χ3n) is 5.14. The molecule has 0 saturated carbocycles. The van der Waals surface area contributed by atoms with E-state index in [9.17, 15) is 4.79 Å². The lowest BCUT2D eigenvalue weighted by Crippen LogP contribution is -2.36. The van der Waals surface area contributed by atoms with Gasteiger partial charge in [-0.3, -0.25) is 4.79 Å². The molecule has 1 aromatic carbocycles. The maximum atomic E-state index is 12.9. The molecule has 0 unspecified atom stereocenters. The van der Waals surface area contributed by atoms with Crippen LogP contribution in [-0.2, 0) is 11.2 Å². The fourth-order valence-corrected chi connectivity index (χ4v) is 4.68. The van der Waals surface area contributed by atoms with Crippen molar-refractivity contribution in [1.29, 1.82) is 5.26 Å². The quantitative estimate of drug-likeness (QED) is 0.672. The molecule has 0 N–H and O–H groups in total. The third-order valence-corrected chi connectivity index (χ3v) is 6.17. The number of carbonyl (C=O) groups is 1. The summed E-state index contributed by atoms with van der Waals surface area (Å²) in [6.07, 6.45) is 4.74. The van der Waals surface area contributed by atoms with E-state index in [1.165, 1.54) is 22.5 Å². The van der Waals surface area contributed by atoms with Crippen molar-refractivity contribution >= 4 is 32.6 Å². The van der Waals surface area contributed by atoms with Crippen molar-refractivity contribution in [3.05, 3.63) is 53.2 Å². The van der Waals surface area contributed by atoms with Crippen LogP contribution in [0.4, 0.5) is 5.13 Å². The number of anilines is 1. The van der Waals surface area contributed by atoms with Crippen molar-refractivity contribution < 1.29 is 4.79 Å². The molecule has 0 amide bonds. The number of thiazole rings is 1. The molecule has 136 valence electrons. The van der Waals surface area contributed by atoms with Gasteiger partial charge in [-0.1, -0.05) is 35.6 Å². The van der Waals surface area contributed by atoms with Crippen LogP contribution in [0.15, 0.2) is 36.5 Å². The van der Waals surface area contributed by atoms with Gasteiger partial charge in [0.15, 0.2) is 16.6 Å². The highest BCUT2D eigenvalue weighted by molar-refractivity contribution is 7.22. The number of benzene rings is 1. The molecule has 1 saturated heterocycles. The number of aromatic nitrogens is 2. The van der Waals surface area contributed by atoms with Crippen molar-refractivity contribution in [3.8, 4) is 6.07 Å². The second-order valence-electron chi connectivity index (χ2n) is 6.90. The molecule has 1 atom stereocenters. The first-order valence-corrected chi connectivity index (χ1v) is 9.98. The highest BCUT2D eigenvalue weighted by Gasteiger charge is 2.32. The van der Waals surface area contributed by atoms with Crippen LogP contribution in [0.2, 0.25) is 0 Å². The van der Waals surface area contributed by atoms with Gasteiger partial charge in [0.25, 0.3) is 0 Å². The number of ketones is 1. The maximum Gasteiger partial charge on any atom is 0.188 e. The molecule has 0 aliphatic carbocycles. The number of rotatable bonds is 5. The van der Waals surface area contributed by atoms with Gasteiger partial charge in [-0.25, -0.2) is 4.98 Å². The Morgan fingerprint density at radius 3 is 3.07 bits per heavy atom. The highest BCUT2D eigenvalue weighted by Crippen LogP contribution is 2.33. The number of nitrogens with zero attached hydrogens (tertiary/aromatic N) is 4. The minimum Gasteiger partial charge on any atom is -0.338 e. The summed E-state index contributed by atoms with van der Waals surface area (Å²) in [6, 6.07) is 12.1. The lowest BCUT2D eigenvalue weighted by molar-refractivity contribution is -0.120. The molecule has 1 aliphatic heterocycles. The lowest BCUT2D eigenvalue weighted by Gasteiger charge is -2.22. The molecule has 6 heteroatoms. The summed E-state index contributed by atoms with van der Waals surface area (Å²) in [6.45, 7) is 2.93. The predicted octanol–water partition coefficient (Wildman–Crippen LogP) is 4.04. The summed E-state index contributed by atoms with van der Waals surface area (Å²) >= 11 is 1.51. The van der Waals surface area contributed by atoms with E-state index in [0.717, 1.165) is 35.6 Å². The molecule has 27 heavy (non-hydrogen) atoms. The molecule has 1 fully saturated rings. The average Bonchev–Trinajstić information content (AvgIpc) is 3.33. The van der Waals surface area contributed by atoms with Gasteiger partial charge in [0.1, 0.15) is 6.07 Å². The van der Waals surface area contributed by atoms with Crippen LogP contribution in [0, 0.1) is 18.3 Å². The third kappa shape index (κ3) is 3.56. The van der Waals surface area contributed by atoms with E-state index in [-0.39, 0.29) is 11.8 Å². The summed E-state index contributed by atoms with van der Waals surface area (Å²) in [5.41, 5.74) is 3.65. The first-order valence-electron chi connectivity index (χ1n) is 9.16. The first kappa shape index (κ1) is 17.6. The molecule has 3 aromatic rings.